The molecule has 0 radical (unpaired) electrons. The molecular formula is C13H18BrIN2O. The average Bonchev–Trinajstić information content (AvgIpc) is 2.41. The Labute approximate surface area is 130 Å². The van der Waals surface area contributed by atoms with Crippen molar-refractivity contribution in [1.82, 2.24) is 9.55 Å². The van der Waals surface area contributed by atoms with E-state index in [1.807, 2.05) is 6.92 Å². The summed E-state index contributed by atoms with van der Waals surface area (Å²) in [6.07, 6.45) is 7.99. The summed E-state index contributed by atoms with van der Waals surface area (Å²) >= 11 is 5.74. The molecule has 0 unspecified atom stereocenters. The van der Waals surface area contributed by atoms with Crippen LogP contribution in [0.25, 0.3) is 0 Å². The smallest absolute Gasteiger partial charge is 0.267 e. The molecule has 0 spiro atoms. The predicted octanol–water partition coefficient (Wildman–Crippen LogP) is 3.50. The summed E-state index contributed by atoms with van der Waals surface area (Å²) in [6, 6.07) is 0. The van der Waals surface area contributed by atoms with Gasteiger partial charge in [0.15, 0.2) is 0 Å². The molecule has 1 aromatic rings. The Morgan fingerprint density at radius 3 is 2.72 bits per heavy atom. The summed E-state index contributed by atoms with van der Waals surface area (Å²) in [5.41, 5.74) is 1.17. The number of rotatable bonds is 3. The molecule has 1 fully saturated rings. The first-order valence-corrected chi connectivity index (χ1v) is 8.55. The van der Waals surface area contributed by atoms with Crippen LogP contribution in [0.2, 0.25) is 0 Å². The molecular weight excluding hydrogens is 407 g/mol. The molecule has 1 saturated carbocycles. The lowest BCUT2D eigenvalue weighted by Crippen LogP contribution is -2.36. The van der Waals surface area contributed by atoms with Gasteiger partial charge in [-0.1, -0.05) is 35.2 Å². The van der Waals surface area contributed by atoms with E-state index in [4.69, 9.17) is 0 Å². The van der Waals surface area contributed by atoms with Crippen LogP contribution in [-0.4, -0.2) is 14.9 Å². The van der Waals surface area contributed by atoms with E-state index in [1.165, 1.54) is 32.1 Å². The molecule has 2 rings (SSSR count). The molecule has 0 saturated heterocycles. The normalized spacial score (nSPS) is 18.8. The zero-order valence-electron chi connectivity index (χ0n) is 10.6. The Hall–Kier alpha value is 0.0900. The highest BCUT2D eigenvalue weighted by Crippen LogP contribution is 2.39. The quantitative estimate of drug-likeness (QED) is 0.549. The van der Waals surface area contributed by atoms with E-state index in [0.717, 1.165) is 21.1 Å². The first-order valence-electron chi connectivity index (χ1n) is 6.35. The fourth-order valence-electron chi connectivity index (χ4n) is 2.66. The number of aromatic nitrogens is 2. The molecule has 5 heteroatoms. The summed E-state index contributed by atoms with van der Waals surface area (Å²) in [4.78, 5) is 16.5. The zero-order chi connectivity index (χ0) is 13.2. The molecule has 100 valence electrons. The highest BCUT2D eigenvalue weighted by molar-refractivity contribution is 14.1. The van der Waals surface area contributed by atoms with Crippen LogP contribution in [0, 0.1) is 15.9 Å². The van der Waals surface area contributed by atoms with Gasteiger partial charge in [-0.15, -0.1) is 0 Å². The van der Waals surface area contributed by atoms with Gasteiger partial charge in [-0.25, -0.2) is 4.98 Å². The summed E-state index contributed by atoms with van der Waals surface area (Å²) in [7, 11) is 0. The highest BCUT2D eigenvalue weighted by atomic mass is 127. The second-order valence-corrected chi connectivity index (χ2v) is 6.91. The van der Waals surface area contributed by atoms with E-state index >= 15 is 0 Å². The van der Waals surface area contributed by atoms with Gasteiger partial charge in [-0.05, 0) is 47.8 Å². The molecule has 0 N–H and O–H groups in total. The summed E-state index contributed by atoms with van der Waals surface area (Å²) in [5.74, 6) is 0. The molecule has 1 aliphatic rings. The van der Waals surface area contributed by atoms with E-state index in [2.05, 4.69) is 43.5 Å². The maximum absolute atomic E-state index is 12.2. The minimum absolute atomic E-state index is 0.106. The van der Waals surface area contributed by atoms with Crippen molar-refractivity contribution in [1.29, 1.82) is 0 Å². The average molecular weight is 425 g/mol. The maximum atomic E-state index is 12.2. The van der Waals surface area contributed by atoms with Crippen molar-refractivity contribution in [3.8, 4) is 0 Å². The molecule has 1 heterocycles. The first kappa shape index (κ1) is 14.5. The fraction of sp³-hybridized carbons (Fsp3) is 0.692. The number of aryl methyl sites for hydroxylation is 1. The first-order chi connectivity index (χ1) is 8.58. The van der Waals surface area contributed by atoms with Crippen LogP contribution in [0.5, 0.6) is 0 Å². The van der Waals surface area contributed by atoms with Crippen molar-refractivity contribution in [2.75, 3.05) is 5.33 Å². The number of alkyl halides is 1. The third kappa shape index (κ3) is 2.98. The third-order valence-corrected chi connectivity index (χ3v) is 6.29. The van der Waals surface area contributed by atoms with Crippen LogP contribution in [0.15, 0.2) is 11.1 Å². The SMILES string of the molecule is Cc1ncn(CC2(CBr)CCCCC2)c(=O)c1I. The topological polar surface area (TPSA) is 34.9 Å². The Morgan fingerprint density at radius 2 is 2.11 bits per heavy atom. The zero-order valence-corrected chi connectivity index (χ0v) is 14.3. The molecule has 1 aliphatic carbocycles. The summed E-state index contributed by atoms with van der Waals surface area (Å²) in [5, 5.41) is 0.969. The van der Waals surface area contributed by atoms with E-state index in [0.29, 0.717) is 0 Å². The van der Waals surface area contributed by atoms with Crippen LogP contribution >= 0.6 is 38.5 Å². The Bertz CT molecular complexity index is 480. The van der Waals surface area contributed by atoms with Gasteiger partial charge in [-0.3, -0.25) is 9.36 Å². The molecule has 0 amide bonds. The number of nitrogens with zero attached hydrogens (tertiary/aromatic N) is 2. The van der Waals surface area contributed by atoms with E-state index in [9.17, 15) is 4.79 Å². The van der Waals surface area contributed by atoms with E-state index < -0.39 is 0 Å². The van der Waals surface area contributed by atoms with Crippen LogP contribution in [0.4, 0.5) is 0 Å². The van der Waals surface area contributed by atoms with Crippen LogP contribution in [0.1, 0.15) is 37.8 Å². The molecule has 0 atom stereocenters. The van der Waals surface area contributed by atoms with Gasteiger partial charge in [0.1, 0.15) is 0 Å². The number of halogens is 2. The number of hydrogen-bond donors (Lipinski definition) is 0. The van der Waals surface area contributed by atoms with Crippen LogP contribution < -0.4 is 5.56 Å². The van der Waals surface area contributed by atoms with Gasteiger partial charge in [0.05, 0.1) is 15.6 Å². The molecule has 0 aromatic carbocycles. The van der Waals surface area contributed by atoms with Crippen molar-refractivity contribution in [3.63, 3.8) is 0 Å². The van der Waals surface area contributed by atoms with Gasteiger partial charge < -0.3 is 0 Å². The molecule has 0 bridgehead atoms. The lowest BCUT2D eigenvalue weighted by molar-refractivity contribution is 0.188. The second kappa shape index (κ2) is 6.03. The standard InChI is InChI=1S/C13H18BrIN2O/c1-10-11(15)12(18)17(9-16-10)8-13(7-14)5-3-2-4-6-13/h9H,2-8H2,1H3. The third-order valence-electron chi connectivity index (χ3n) is 3.86. The van der Waals surface area contributed by atoms with Crippen molar-refractivity contribution >= 4 is 38.5 Å². The fourth-order valence-corrected chi connectivity index (χ4v) is 3.84. The van der Waals surface area contributed by atoms with Crippen LogP contribution in [0.3, 0.4) is 0 Å². The molecule has 0 aliphatic heterocycles. The lowest BCUT2D eigenvalue weighted by atomic mass is 9.75. The van der Waals surface area contributed by atoms with Gasteiger partial charge >= 0.3 is 0 Å². The van der Waals surface area contributed by atoms with Gasteiger partial charge in [-0.2, -0.15) is 0 Å². The number of hydrogen-bond acceptors (Lipinski definition) is 2. The van der Waals surface area contributed by atoms with Gasteiger partial charge in [0, 0.05) is 11.9 Å². The van der Waals surface area contributed by atoms with Crippen molar-refractivity contribution in [2.45, 2.75) is 45.6 Å². The Kier molecular flexibility index (Phi) is 4.86. The van der Waals surface area contributed by atoms with Gasteiger partial charge in [0.25, 0.3) is 5.56 Å². The molecule has 18 heavy (non-hydrogen) atoms. The second-order valence-electron chi connectivity index (χ2n) is 5.27. The molecule has 3 nitrogen and oxygen atoms in total. The molecule has 1 aromatic heterocycles. The van der Waals surface area contributed by atoms with E-state index in [-0.39, 0.29) is 11.0 Å². The predicted molar refractivity (Wildman–Crippen MR) is 85.3 cm³/mol. The van der Waals surface area contributed by atoms with E-state index in [1.54, 1.807) is 10.9 Å². The highest BCUT2D eigenvalue weighted by Gasteiger charge is 2.31. The van der Waals surface area contributed by atoms with Crippen molar-refractivity contribution < 1.29 is 0 Å². The lowest BCUT2D eigenvalue weighted by Gasteiger charge is -2.36. The minimum Gasteiger partial charge on any atom is -0.298 e. The summed E-state index contributed by atoms with van der Waals surface area (Å²) in [6.45, 7) is 2.68. The summed E-state index contributed by atoms with van der Waals surface area (Å²) < 4.78 is 2.54. The largest absolute Gasteiger partial charge is 0.298 e. The van der Waals surface area contributed by atoms with Crippen LogP contribution in [-0.2, 0) is 6.54 Å². The van der Waals surface area contributed by atoms with Crippen molar-refractivity contribution in [2.24, 2.45) is 5.41 Å². The van der Waals surface area contributed by atoms with Gasteiger partial charge in [0.2, 0.25) is 0 Å². The minimum atomic E-state index is 0.106. The Morgan fingerprint density at radius 1 is 1.44 bits per heavy atom. The Balaban J connectivity index is 2.27. The maximum Gasteiger partial charge on any atom is 0.267 e. The van der Waals surface area contributed by atoms with Crippen molar-refractivity contribution in [3.05, 3.63) is 25.9 Å². The monoisotopic (exact) mass is 424 g/mol.